The topological polar surface area (TPSA) is 60.5 Å². The van der Waals surface area contributed by atoms with E-state index >= 15 is 0 Å². The number of anilines is 1. The molecule has 22 heavy (non-hydrogen) atoms. The molecule has 0 aliphatic rings. The summed E-state index contributed by atoms with van der Waals surface area (Å²) in [5.41, 5.74) is 0.369. The molecular weight excluding hydrogens is 307 g/mol. The van der Waals surface area contributed by atoms with E-state index in [9.17, 15) is 9.18 Å². The lowest BCUT2D eigenvalue weighted by atomic mass is 10.3. The van der Waals surface area contributed by atoms with Crippen molar-refractivity contribution >= 4 is 22.9 Å². The molecule has 0 spiro atoms. The number of ether oxygens (including phenoxy) is 2. The number of benzene rings is 1. The van der Waals surface area contributed by atoms with Gasteiger partial charge in [-0.25, -0.2) is 9.37 Å². The monoisotopic (exact) mass is 324 g/mol. The second-order valence-electron chi connectivity index (χ2n) is 4.41. The maximum absolute atomic E-state index is 13.9. The molecular formula is C15H17FN2O3S. The highest BCUT2D eigenvalue weighted by atomic mass is 32.1. The third kappa shape index (κ3) is 4.25. The first-order chi connectivity index (χ1) is 10.6. The number of rotatable bonds is 7. The standard InChI is InChI=1S/C15H17FN2O3S/c1-3-14-17-9-13(22-14)15(19)18-10-4-5-12(11(16)8-10)21-7-6-20-2/h4-5,8-9H,3,6-7H2,1-2H3,(H,18,19). The third-order valence-electron chi connectivity index (χ3n) is 2.81. The zero-order chi connectivity index (χ0) is 15.9. The lowest BCUT2D eigenvalue weighted by Gasteiger charge is -2.08. The van der Waals surface area contributed by atoms with Crippen LogP contribution in [0.15, 0.2) is 24.4 Å². The number of methoxy groups -OCH3 is 1. The Morgan fingerprint density at radius 3 is 2.86 bits per heavy atom. The molecule has 2 rings (SSSR count). The summed E-state index contributed by atoms with van der Waals surface area (Å²) in [6.07, 6.45) is 2.30. The van der Waals surface area contributed by atoms with Crippen molar-refractivity contribution in [3.8, 4) is 5.75 Å². The summed E-state index contributed by atoms with van der Waals surface area (Å²) in [7, 11) is 1.54. The van der Waals surface area contributed by atoms with Crippen LogP contribution in [0.3, 0.4) is 0 Å². The fourth-order valence-electron chi connectivity index (χ4n) is 1.70. The Labute approximate surface area is 132 Å². The zero-order valence-electron chi connectivity index (χ0n) is 12.4. The van der Waals surface area contributed by atoms with Crippen LogP contribution in [-0.2, 0) is 11.2 Å². The van der Waals surface area contributed by atoms with Crippen LogP contribution in [-0.4, -0.2) is 31.2 Å². The van der Waals surface area contributed by atoms with Gasteiger partial charge in [0.25, 0.3) is 5.91 Å². The molecule has 1 amide bonds. The largest absolute Gasteiger partial charge is 0.488 e. The minimum Gasteiger partial charge on any atom is -0.488 e. The quantitative estimate of drug-likeness (QED) is 0.795. The van der Waals surface area contributed by atoms with Crippen molar-refractivity contribution in [1.29, 1.82) is 0 Å². The van der Waals surface area contributed by atoms with Crippen molar-refractivity contribution < 1.29 is 18.7 Å². The van der Waals surface area contributed by atoms with Gasteiger partial charge in [-0.15, -0.1) is 11.3 Å². The van der Waals surface area contributed by atoms with Crippen molar-refractivity contribution in [2.24, 2.45) is 0 Å². The molecule has 5 nitrogen and oxygen atoms in total. The van der Waals surface area contributed by atoms with Crippen LogP contribution >= 0.6 is 11.3 Å². The van der Waals surface area contributed by atoms with Gasteiger partial charge in [-0.2, -0.15) is 0 Å². The minimum absolute atomic E-state index is 0.126. The molecule has 118 valence electrons. The molecule has 0 saturated heterocycles. The molecule has 2 aromatic rings. The van der Waals surface area contributed by atoms with Gasteiger partial charge in [-0.05, 0) is 18.6 Å². The van der Waals surface area contributed by atoms with E-state index in [0.717, 1.165) is 11.4 Å². The summed E-state index contributed by atoms with van der Waals surface area (Å²) in [5, 5.41) is 3.53. The van der Waals surface area contributed by atoms with E-state index in [2.05, 4.69) is 10.3 Å². The van der Waals surface area contributed by atoms with Gasteiger partial charge in [0.2, 0.25) is 0 Å². The van der Waals surface area contributed by atoms with Crippen LogP contribution in [0, 0.1) is 5.82 Å². The normalized spacial score (nSPS) is 10.5. The summed E-state index contributed by atoms with van der Waals surface area (Å²) in [4.78, 5) is 16.7. The number of nitrogens with one attached hydrogen (secondary N) is 1. The lowest BCUT2D eigenvalue weighted by Crippen LogP contribution is -2.11. The number of aromatic nitrogens is 1. The van der Waals surface area contributed by atoms with E-state index in [-0.39, 0.29) is 18.3 Å². The summed E-state index contributed by atoms with van der Waals surface area (Å²) in [6, 6.07) is 4.29. The first-order valence-corrected chi connectivity index (χ1v) is 7.63. The molecule has 7 heteroatoms. The summed E-state index contributed by atoms with van der Waals surface area (Å²) in [6.45, 7) is 2.61. The molecule has 0 aliphatic heterocycles. The average molecular weight is 324 g/mol. The Hall–Kier alpha value is -1.99. The van der Waals surface area contributed by atoms with Gasteiger partial charge in [0.15, 0.2) is 11.6 Å². The first kappa shape index (κ1) is 16.4. The number of carbonyl (C=O) groups is 1. The van der Waals surface area contributed by atoms with E-state index in [4.69, 9.17) is 9.47 Å². The van der Waals surface area contributed by atoms with E-state index < -0.39 is 5.82 Å². The van der Waals surface area contributed by atoms with Gasteiger partial charge in [-0.1, -0.05) is 6.92 Å². The maximum Gasteiger partial charge on any atom is 0.267 e. The number of hydrogen-bond acceptors (Lipinski definition) is 5. The fraction of sp³-hybridized carbons (Fsp3) is 0.333. The predicted molar refractivity (Wildman–Crippen MR) is 83.2 cm³/mol. The Bertz CT molecular complexity index is 645. The molecule has 0 atom stereocenters. The SMILES string of the molecule is CCc1ncc(C(=O)Nc2ccc(OCCOC)c(F)c2)s1. The number of carbonyl (C=O) groups excluding carboxylic acids is 1. The van der Waals surface area contributed by atoms with Crippen LogP contribution in [0.2, 0.25) is 0 Å². The van der Waals surface area contributed by atoms with E-state index in [1.54, 1.807) is 13.2 Å². The average Bonchev–Trinajstić information content (AvgIpc) is 2.99. The Kier molecular flexibility index (Phi) is 5.85. The highest BCUT2D eigenvalue weighted by Gasteiger charge is 2.12. The van der Waals surface area contributed by atoms with Crippen LogP contribution in [0.1, 0.15) is 21.6 Å². The van der Waals surface area contributed by atoms with Crippen molar-refractivity contribution in [2.75, 3.05) is 25.6 Å². The summed E-state index contributed by atoms with van der Waals surface area (Å²) in [5.74, 6) is -0.710. The third-order valence-corrected chi connectivity index (χ3v) is 3.96. The Morgan fingerprint density at radius 1 is 1.41 bits per heavy atom. The van der Waals surface area contributed by atoms with E-state index in [0.29, 0.717) is 17.2 Å². The zero-order valence-corrected chi connectivity index (χ0v) is 13.2. The van der Waals surface area contributed by atoms with Gasteiger partial charge >= 0.3 is 0 Å². The molecule has 0 bridgehead atoms. The van der Waals surface area contributed by atoms with Gasteiger partial charge < -0.3 is 14.8 Å². The first-order valence-electron chi connectivity index (χ1n) is 6.81. The van der Waals surface area contributed by atoms with E-state index in [1.807, 2.05) is 6.92 Å². The summed E-state index contributed by atoms with van der Waals surface area (Å²) < 4.78 is 23.9. The predicted octanol–water partition coefficient (Wildman–Crippen LogP) is 3.12. The number of nitrogens with zero attached hydrogens (tertiary/aromatic N) is 1. The highest BCUT2D eigenvalue weighted by molar-refractivity contribution is 7.13. The fourth-order valence-corrected chi connectivity index (χ4v) is 2.45. The molecule has 1 aromatic heterocycles. The van der Waals surface area contributed by atoms with Crippen LogP contribution in [0.4, 0.5) is 10.1 Å². The smallest absolute Gasteiger partial charge is 0.267 e. The maximum atomic E-state index is 13.9. The second kappa shape index (κ2) is 7.86. The highest BCUT2D eigenvalue weighted by Crippen LogP contribution is 2.22. The van der Waals surface area contributed by atoms with Gasteiger partial charge in [-0.3, -0.25) is 4.79 Å². The van der Waals surface area contributed by atoms with Crippen LogP contribution in [0.25, 0.3) is 0 Å². The van der Waals surface area contributed by atoms with E-state index in [1.165, 1.54) is 29.7 Å². The van der Waals surface area contributed by atoms with Crippen LogP contribution in [0.5, 0.6) is 5.75 Å². The number of aryl methyl sites for hydroxylation is 1. The molecule has 1 N–H and O–H groups in total. The lowest BCUT2D eigenvalue weighted by molar-refractivity contribution is 0.103. The van der Waals surface area contributed by atoms with Gasteiger partial charge in [0, 0.05) is 18.9 Å². The molecule has 1 aromatic carbocycles. The number of hydrogen-bond donors (Lipinski definition) is 1. The van der Waals surface area contributed by atoms with Crippen molar-refractivity contribution in [3.05, 3.63) is 40.1 Å². The number of thiazole rings is 1. The number of halogens is 1. The molecule has 0 unspecified atom stereocenters. The summed E-state index contributed by atoms with van der Waals surface area (Å²) >= 11 is 1.33. The molecule has 1 heterocycles. The Morgan fingerprint density at radius 2 is 2.23 bits per heavy atom. The molecule has 0 saturated carbocycles. The Balaban J connectivity index is 2.00. The van der Waals surface area contributed by atoms with Crippen molar-refractivity contribution in [2.45, 2.75) is 13.3 Å². The molecule has 0 fully saturated rings. The second-order valence-corrected chi connectivity index (χ2v) is 5.53. The minimum atomic E-state index is -0.535. The van der Waals surface area contributed by atoms with Crippen molar-refractivity contribution in [1.82, 2.24) is 4.98 Å². The number of amides is 1. The van der Waals surface area contributed by atoms with Gasteiger partial charge in [0.05, 0.1) is 17.8 Å². The van der Waals surface area contributed by atoms with Crippen LogP contribution < -0.4 is 10.1 Å². The van der Waals surface area contributed by atoms with Gasteiger partial charge in [0.1, 0.15) is 11.5 Å². The molecule has 0 aliphatic carbocycles. The molecule has 0 radical (unpaired) electrons. The van der Waals surface area contributed by atoms with Crippen molar-refractivity contribution in [3.63, 3.8) is 0 Å².